The molecule has 0 radical (unpaired) electrons. The van der Waals surface area contributed by atoms with Gasteiger partial charge in [0.1, 0.15) is 22.8 Å². The van der Waals surface area contributed by atoms with Crippen molar-refractivity contribution in [1.82, 2.24) is 0 Å². The van der Waals surface area contributed by atoms with Crippen molar-refractivity contribution in [3.8, 4) is 17.2 Å². The van der Waals surface area contributed by atoms with Crippen molar-refractivity contribution in [2.24, 2.45) is 0 Å². The lowest BCUT2D eigenvalue weighted by molar-refractivity contribution is 0.0732. The molecule has 4 nitrogen and oxygen atoms in total. The highest BCUT2D eigenvalue weighted by Crippen LogP contribution is 2.39. The molecule has 0 aliphatic heterocycles. The van der Waals surface area contributed by atoms with Crippen LogP contribution in [-0.4, -0.2) is 19.2 Å². The maximum Gasteiger partial charge on any atom is 0.347 e. The summed E-state index contributed by atoms with van der Waals surface area (Å²) in [5, 5.41) is 3.79. The van der Waals surface area contributed by atoms with Gasteiger partial charge in [0.25, 0.3) is 0 Å². The molecule has 4 rings (SSSR count). The molecule has 0 saturated carbocycles. The van der Waals surface area contributed by atoms with Gasteiger partial charge in [0.05, 0.1) is 13.2 Å². The van der Waals surface area contributed by atoms with Gasteiger partial charge < -0.3 is 14.2 Å². The predicted octanol–water partition coefficient (Wildman–Crippen LogP) is 11.0. The SMILES string of the molecule is CCCCCCCCOc1cc(C(=O)Oc2cccc3ccccc23)c(OCCCCCCCC)c2ccc(C)cc12. The van der Waals surface area contributed by atoms with Crippen LogP contribution in [0.5, 0.6) is 17.2 Å². The summed E-state index contributed by atoms with van der Waals surface area (Å²) in [4.78, 5) is 13.9. The molecular formula is C38H48O4. The Morgan fingerprint density at radius 3 is 1.98 bits per heavy atom. The molecule has 0 aromatic heterocycles. The lowest BCUT2D eigenvalue weighted by Gasteiger charge is -2.18. The van der Waals surface area contributed by atoms with Crippen molar-refractivity contribution < 1.29 is 19.0 Å². The Bertz CT molecular complexity index is 1420. The second-order valence-corrected chi connectivity index (χ2v) is 11.4. The Hall–Kier alpha value is -3.53. The highest BCUT2D eigenvalue weighted by Gasteiger charge is 2.22. The van der Waals surface area contributed by atoms with E-state index in [9.17, 15) is 4.79 Å². The van der Waals surface area contributed by atoms with Gasteiger partial charge in [-0.2, -0.15) is 0 Å². The molecule has 0 N–H and O–H groups in total. The molecule has 0 amide bonds. The van der Waals surface area contributed by atoms with Gasteiger partial charge in [-0.1, -0.05) is 132 Å². The summed E-state index contributed by atoms with van der Waals surface area (Å²) < 4.78 is 18.8. The second kappa shape index (κ2) is 16.8. The van der Waals surface area contributed by atoms with E-state index in [0.717, 1.165) is 52.8 Å². The number of unbranched alkanes of at least 4 members (excludes halogenated alkanes) is 10. The smallest absolute Gasteiger partial charge is 0.347 e. The van der Waals surface area contributed by atoms with E-state index in [4.69, 9.17) is 14.2 Å². The van der Waals surface area contributed by atoms with Crippen LogP contribution in [0.4, 0.5) is 0 Å². The van der Waals surface area contributed by atoms with Crippen LogP contribution in [0, 0.1) is 6.92 Å². The van der Waals surface area contributed by atoms with Gasteiger partial charge >= 0.3 is 5.97 Å². The maximum atomic E-state index is 13.9. The molecule has 0 unspecified atom stereocenters. The third-order valence-electron chi connectivity index (χ3n) is 7.88. The minimum absolute atomic E-state index is 0.406. The van der Waals surface area contributed by atoms with Crippen molar-refractivity contribution >= 4 is 27.5 Å². The number of carbonyl (C=O) groups is 1. The maximum absolute atomic E-state index is 13.9. The van der Waals surface area contributed by atoms with E-state index >= 15 is 0 Å². The summed E-state index contributed by atoms with van der Waals surface area (Å²) >= 11 is 0. The fourth-order valence-corrected chi connectivity index (χ4v) is 5.47. The molecule has 0 spiro atoms. The third kappa shape index (κ3) is 8.74. The number of hydrogen-bond acceptors (Lipinski definition) is 4. The normalized spacial score (nSPS) is 11.2. The van der Waals surface area contributed by atoms with Crippen molar-refractivity contribution in [2.75, 3.05) is 13.2 Å². The van der Waals surface area contributed by atoms with E-state index in [1.807, 2.05) is 54.6 Å². The quantitative estimate of drug-likeness (QED) is 0.0680. The first-order valence-corrected chi connectivity index (χ1v) is 16.1. The van der Waals surface area contributed by atoms with E-state index in [-0.39, 0.29) is 0 Å². The standard InChI is InChI=1S/C38H48O4/c1-4-6-8-10-12-16-25-40-36-28-34(38(39)42-35-22-18-20-30-19-14-15-21-31(30)35)37(32-24-23-29(3)27-33(32)36)41-26-17-13-11-9-7-5-2/h14-15,18-24,27-28H,4-13,16-17,25-26H2,1-3H3. The van der Waals surface area contributed by atoms with Gasteiger partial charge in [-0.15, -0.1) is 0 Å². The first kappa shape index (κ1) is 31.4. The molecule has 0 saturated heterocycles. The van der Waals surface area contributed by atoms with Crippen LogP contribution in [0.15, 0.2) is 66.7 Å². The lowest BCUT2D eigenvalue weighted by atomic mass is 10.0. The molecular weight excluding hydrogens is 520 g/mol. The third-order valence-corrected chi connectivity index (χ3v) is 7.88. The van der Waals surface area contributed by atoms with Gasteiger partial charge in [-0.25, -0.2) is 4.79 Å². The molecule has 4 aromatic rings. The number of carbonyl (C=O) groups excluding carboxylic acids is 1. The summed E-state index contributed by atoms with van der Waals surface area (Å²) in [6.45, 7) is 7.72. The summed E-state index contributed by atoms with van der Waals surface area (Å²) in [6, 6.07) is 21.8. The van der Waals surface area contributed by atoms with E-state index < -0.39 is 5.97 Å². The monoisotopic (exact) mass is 568 g/mol. The second-order valence-electron chi connectivity index (χ2n) is 11.4. The van der Waals surface area contributed by atoms with Gasteiger partial charge in [-0.3, -0.25) is 0 Å². The van der Waals surface area contributed by atoms with Crippen molar-refractivity contribution in [1.29, 1.82) is 0 Å². The molecule has 0 bridgehead atoms. The largest absolute Gasteiger partial charge is 0.493 e. The van der Waals surface area contributed by atoms with Crippen molar-refractivity contribution in [3.63, 3.8) is 0 Å². The predicted molar refractivity (Wildman–Crippen MR) is 175 cm³/mol. The zero-order chi connectivity index (χ0) is 29.6. The van der Waals surface area contributed by atoms with Crippen molar-refractivity contribution in [2.45, 2.75) is 97.8 Å². The Labute approximate surface area is 252 Å². The molecule has 0 fully saturated rings. The summed E-state index contributed by atoms with van der Waals surface area (Å²) in [5.41, 5.74) is 1.54. The number of rotatable bonds is 18. The number of esters is 1. The van der Waals surface area contributed by atoms with Crippen LogP contribution in [0.1, 0.15) is 107 Å². The van der Waals surface area contributed by atoms with Crippen LogP contribution in [0.25, 0.3) is 21.5 Å². The zero-order valence-electron chi connectivity index (χ0n) is 25.9. The molecule has 0 atom stereocenters. The molecule has 0 aliphatic carbocycles. The Morgan fingerprint density at radius 2 is 1.24 bits per heavy atom. The lowest BCUT2D eigenvalue weighted by Crippen LogP contribution is -2.13. The van der Waals surface area contributed by atoms with Crippen LogP contribution >= 0.6 is 0 Å². The zero-order valence-corrected chi connectivity index (χ0v) is 25.9. The summed E-state index contributed by atoms with van der Waals surface area (Å²) in [6.07, 6.45) is 14.2. The molecule has 224 valence electrons. The van der Waals surface area contributed by atoms with E-state index in [0.29, 0.717) is 36.0 Å². The first-order chi connectivity index (χ1) is 20.6. The Balaban J connectivity index is 1.61. The fraction of sp³-hybridized carbons (Fsp3) is 0.447. The van der Waals surface area contributed by atoms with E-state index in [1.165, 1.54) is 51.4 Å². The fourth-order valence-electron chi connectivity index (χ4n) is 5.47. The van der Waals surface area contributed by atoms with Crippen LogP contribution in [0.3, 0.4) is 0 Å². The average Bonchev–Trinajstić information content (AvgIpc) is 3.00. The minimum Gasteiger partial charge on any atom is -0.493 e. The van der Waals surface area contributed by atoms with Crippen LogP contribution < -0.4 is 14.2 Å². The number of benzene rings is 4. The van der Waals surface area contributed by atoms with Gasteiger partial charge in [0, 0.05) is 16.2 Å². The highest BCUT2D eigenvalue weighted by atomic mass is 16.5. The molecule has 4 heteroatoms. The van der Waals surface area contributed by atoms with Crippen LogP contribution in [0.2, 0.25) is 0 Å². The highest BCUT2D eigenvalue weighted by molar-refractivity contribution is 6.05. The topological polar surface area (TPSA) is 44.8 Å². The Kier molecular flexibility index (Phi) is 12.6. The van der Waals surface area contributed by atoms with Gasteiger partial charge in [0.15, 0.2) is 0 Å². The van der Waals surface area contributed by atoms with E-state index in [2.05, 4.69) is 32.9 Å². The van der Waals surface area contributed by atoms with Crippen LogP contribution in [-0.2, 0) is 0 Å². The molecule has 0 aliphatic rings. The number of aryl methyl sites for hydroxylation is 1. The minimum atomic E-state index is -0.434. The molecule has 42 heavy (non-hydrogen) atoms. The van der Waals surface area contributed by atoms with Gasteiger partial charge in [-0.05, 0) is 43.4 Å². The summed E-state index contributed by atoms with van der Waals surface area (Å²) in [5.74, 6) is 1.39. The number of ether oxygens (including phenoxy) is 3. The molecule has 0 heterocycles. The summed E-state index contributed by atoms with van der Waals surface area (Å²) in [7, 11) is 0. The molecule has 4 aromatic carbocycles. The average molecular weight is 569 g/mol. The van der Waals surface area contributed by atoms with Crippen molar-refractivity contribution in [3.05, 3.63) is 77.9 Å². The first-order valence-electron chi connectivity index (χ1n) is 16.1. The number of hydrogen-bond donors (Lipinski definition) is 0. The van der Waals surface area contributed by atoms with Gasteiger partial charge in [0.2, 0.25) is 0 Å². The Morgan fingerprint density at radius 1 is 0.595 bits per heavy atom. The number of fused-ring (bicyclic) bond motifs is 2. The van der Waals surface area contributed by atoms with E-state index in [1.54, 1.807) is 0 Å².